The fourth-order valence-electron chi connectivity index (χ4n) is 3.11. The number of amides is 1. The lowest BCUT2D eigenvalue weighted by Gasteiger charge is -2.37. The number of aryl methyl sites for hydroxylation is 2. The number of benzene rings is 1. The lowest BCUT2D eigenvalue weighted by Crippen LogP contribution is -2.42. The molecule has 2 N–H and O–H groups in total. The third-order valence-corrected chi connectivity index (χ3v) is 4.75. The third kappa shape index (κ3) is 4.32. The van der Waals surface area contributed by atoms with E-state index in [1.807, 2.05) is 20.2 Å². The lowest BCUT2D eigenvalue weighted by molar-refractivity contribution is -0.125. The number of aliphatic hydroxyl groups is 1. The number of hydrogen-bond donors (Lipinski definition) is 2. The van der Waals surface area contributed by atoms with Crippen molar-refractivity contribution in [3.8, 4) is 5.75 Å². The van der Waals surface area contributed by atoms with Crippen LogP contribution in [0.4, 0.5) is 0 Å². The van der Waals surface area contributed by atoms with Crippen molar-refractivity contribution >= 4 is 17.5 Å². The number of rotatable bonds is 6. The van der Waals surface area contributed by atoms with E-state index in [1.165, 1.54) is 0 Å². The Morgan fingerprint density at radius 2 is 2.28 bits per heavy atom. The first-order valence-electron chi connectivity index (χ1n) is 8.27. The maximum absolute atomic E-state index is 12.4. The topological polar surface area (TPSA) is 76.4 Å². The number of ether oxygens (including phenoxy) is 1. The van der Waals surface area contributed by atoms with Gasteiger partial charge >= 0.3 is 0 Å². The van der Waals surface area contributed by atoms with E-state index in [2.05, 4.69) is 10.4 Å². The van der Waals surface area contributed by atoms with E-state index in [9.17, 15) is 9.90 Å². The summed E-state index contributed by atoms with van der Waals surface area (Å²) in [7, 11) is 1.84. The van der Waals surface area contributed by atoms with Gasteiger partial charge in [0.05, 0.1) is 18.3 Å². The zero-order chi connectivity index (χ0) is 18.0. The molecule has 2 aromatic rings. The summed E-state index contributed by atoms with van der Waals surface area (Å²) in [4.78, 5) is 12.4. The maximum atomic E-state index is 12.4. The van der Waals surface area contributed by atoms with Crippen molar-refractivity contribution in [2.45, 2.75) is 31.9 Å². The molecule has 0 aliphatic heterocycles. The van der Waals surface area contributed by atoms with E-state index in [0.29, 0.717) is 23.6 Å². The molecule has 3 rings (SSSR count). The monoisotopic (exact) mass is 363 g/mol. The minimum Gasteiger partial charge on any atom is -0.484 e. The van der Waals surface area contributed by atoms with Crippen molar-refractivity contribution in [2.75, 3.05) is 6.61 Å². The zero-order valence-corrected chi connectivity index (χ0v) is 15.0. The smallest absolute Gasteiger partial charge is 0.258 e. The predicted octanol–water partition coefficient (Wildman–Crippen LogP) is 2.39. The van der Waals surface area contributed by atoms with E-state index in [1.54, 1.807) is 29.1 Å². The third-order valence-electron chi connectivity index (χ3n) is 4.52. The molecule has 1 aliphatic carbocycles. The molecule has 1 amide bonds. The second kappa shape index (κ2) is 7.45. The Kier molecular flexibility index (Phi) is 5.30. The summed E-state index contributed by atoms with van der Waals surface area (Å²) in [6.45, 7) is 1.81. The summed E-state index contributed by atoms with van der Waals surface area (Å²) in [6, 6.07) is 5.12. The molecule has 0 spiro atoms. The molecule has 25 heavy (non-hydrogen) atoms. The summed E-state index contributed by atoms with van der Waals surface area (Å²) < 4.78 is 7.31. The van der Waals surface area contributed by atoms with Crippen LogP contribution in [0.1, 0.15) is 30.0 Å². The van der Waals surface area contributed by atoms with Crippen molar-refractivity contribution < 1.29 is 14.6 Å². The molecule has 1 heterocycles. The Morgan fingerprint density at radius 1 is 1.52 bits per heavy atom. The Labute approximate surface area is 151 Å². The highest BCUT2D eigenvalue weighted by atomic mass is 35.5. The molecule has 1 saturated carbocycles. The molecular weight excluding hydrogens is 342 g/mol. The molecule has 1 aromatic heterocycles. The van der Waals surface area contributed by atoms with Gasteiger partial charge in [0, 0.05) is 23.8 Å². The molecule has 0 bridgehead atoms. The molecule has 0 saturated heterocycles. The Morgan fingerprint density at radius 3 is 2.88 bits per heavy atom. The molecule has 1 aliphatic rings. The van der Waals surface area contributed by atoms with Gasteiger partial charge in [-0.25, -0.2) is 0 Å². The molecule has 1 fully saturated rings. The number of nitrogens with one attached hydrogen (secondary N) is 1. The maximum Gasteiger partial charge on any atom is 0.258 e. The van der Waals surface area contributed by atoms with Crippen LogP contribution in [0.5, 0.6) is 5.75 Å². The first kappa shape index (κ1) is 17.8. The summed E-state index contributed by atoms with van der Waals surface area (Å²) in [5, 5.41) is 17.4. The summed E-state index contributed by atoms with van der Waals surface area (Å²) >= 11 is 5.92. The SMILES string of the molecule is Cc1cc(Cl)ccc1OCC(=O)N[C@H](c1cnn(C)c1)C1CC(O)C1. The standard InChI is InChI=1S/C18H22ClN3O3/c1-11-5-14(19)3-4-16(11)25-10-17(24)21-18(12-6-15(23)7-12)13-8-20-22(2)9-13/h3-5,8-9,12,15,18,23H,6-7,10H2,1-2H3,(H,21,24)/t12?,15?,18-/m0/s1. The van der Waals surface area contributed by atoms with Gasteiger partial charge in [-0.3, -0.25) is 9.48 Å². The van der Waals surface area contributed by atoms with Crippen LogP contribution >= 0.6 is 11.6 Å². The molecule has 7 heteroatoms. The number of hydrogen-bond acceptors (Lipinski definition) is 4. The molecule has 6 nitrogen and oxygen atoms in total. The van der Waals surface area contributed by atoms with Crippen LogP contribution in [-0.4, -0.2) is 33.5 Å². The van der Waals surface area contributed by atoms with E-state index in [4.69, 9.17) is 16.3 Å². The van der Waals surface area contributed by atoms with Crippen LogP contribution in [0.2, 0.25) is 5.02 Å². The van der Waals surface area contributed by atoms with Crippen molar-refractivity contribution in [3.05, 3.63) is 46.7 Å². The molecule has 0 radical (unpaired) electrons. The predicted molar refractivity (Wildman–Crippen MR) is 94.5 cm³/mol. The number of aromatic nitrogens is 2. The van der Waals surface area contributed by atoms with E-state index in [-0.39, 0.29) is 30.6 Å². The first-order valence-corrected chi connectivity index (χ1v) is 8.65. The lowest BCUT2D eigenvalue weighted by atomic mass is 9.75. The molecule has 1 atom stereocenters. The van der Waals surface area contributed by atoms with Crippen molar-refractivity contribution in [1.29, 1.82) is 0 Å². The number of halogens is 1. The van der Waals surface area contributed by atoms with Crippen LogP contribution in [-0.2, 0) is 11.8 Å². The summed E-state index contributed by atoms with van der Waals surface area (Å²) in [5.41, 5.74) is 1.82. The average molecular weight is 364 g/mol. The number of carbonyl (C=O) groups excluding carboxylic acids is 1. The average Bonchev–Trinajstić information content (AvgIpc) is 2.95. The summed E-state index contributed by atoms with van der Waals surface area (Å²) in [5.74, 6) is 0.640. The fraction of sp³-hybridized carbons (Fsp3) is 0.444. The van der Waals surface area contributed by atoms with Crippen LogP contribution in [0, 0.1) is 12.8 Å². The minimum atomic E-state index is -0.283. The van der Waals surface area contributed by atoms with Crippen LogP contribution in [0.3, 0.4) is 0 Å². The van der Waals surface area contributed by atoms with Crippen LogP contribution < -0.4 is 10.1 Å². The number of nitrogens with zero attached hydrogens (tertiary/aromatic N) is 2. The molecule has 134 valence electrons. The second-order valence-electron chi connectivity index (χ2n) is 6.58. The first-order chi connectivity index (χ1) is 11.9. The van der Waals surface area contributed by atoms with Gasteiger partial charge in [-0.1, -0.05) is 11.6 Å². The minimum absolute atomic E-state index is 0.0749. The molecule has 1 aromatic carbocycles. The molecule has 0 unspecified atom stereocenters. The largest absolute Gasteiger partial charge is 0.484 e. The van der Waals surface area contributed by atoms with Crippen LogP contribution in [0.25, 0.3) is 0 Å². The van der Waals surface area contributed by atoms with Gasteiger partial charge < -0.3 is 15.2 Å². The van der Waals surface area contributed by atoms with E-state index in [0.717, 1.165) is 11.1 Å². The Hall–Kier alpha value is -2.05. The Balaban J connectivity index is 1.62. The van der Waals surface area contributed by atoms with E-state index >= 15 is 0 Å². The van der Waals surface area contributed by atoms with Crippen LogP contribution in [0.15, 0.2) is 30.6 Å². The highest BCUT2D eigenvalue weighted by Crippen LogP contribution is 2.37. The summed E-state index contributed by atoms with van der Waals surface area (Å²) in [6.07, 6.45) is 4.71. The van der Waals surface area contributed by atoms with Crippen molar-refractivity contribution in [3.63, 3.8) is 0 Å². The molecular formula is C18H22ClN3O3. The zero-order valence-electron chi connectivity index (χ0n) is 14.3. The normalized spacial score (nSPS) is 20.6. The number of aliphatic hydroxyl groups excluding tert-OH is 1. The van der Waals surface area contributed by atoms with Gasteiger partial charge in [0.25, 0.3) is 5.91 Å². The van der Waals surface area contributed by atoms with Gasteiger partial charge in [0.2, 0.25) is 0 Å². The fourth-order valence-corrected chi connectivity index (χ4v) is 3.34. The highest BCUT2D eigenvalue weighted by Gasteiger charge is 2.36. The quantitative estimate of drug-likeness (QED) is 0.826. The second-order valence-corrected chi connectivity index (χ2v) is 7.01. The van der Waals surface area contributed by atoms with Crippen molar-refractivity contribution in [2.24, 2.45) is 13.0 Å². The van der Waals surface area contributed by atoms with Gasteiger partial charge in [-0.15, -0.1) is 0 Å². The van der Waals surface area contributed by atoms with E-state index < -0.39 is 0 Å². The highest BCUT2D eigenvalue weighted by molar-refractivity contribution is 6.30. The van der Waals surface area contributed by atoms with Gasteiger partial charge in [-0.2, -0.15) is 5.10 Å². The number of carbonyl (C=O) groups is 1. The Bertz CT molecular complexity index is 756. The van der Waals surface area contributed by atoms with Crippen molar-refractivity contribution in [1.82, 2.24) is 15.1 Å². The van der Waals surface area contributed by atoms with Gasteiger partial charge in [0.15, 0.2) is 6.61 Å². The van der Waals surface area contributed by atoms with Gasteiger partial charge in [0.1, 0.15) is 5.75 Å². The van der Waals surface area contributed by atoms with Gasteiger partial charge in [-0.05, 0) is 49.4 Å².